The highest BCUT2D eigenvalue weighted by molar-refractivity contribution is 5.95. The van der Waals surface area contributed by atoms with Crippen molar-refractivity contribution in [3.05, 3.63) is 84.2 Å². The van der Waals surface area contributed by atoms with E-state index in [0.717, 1.165) is 37.1 Å². The van der Waals surface area contributed by atoms with Gasteiger partial charge in [-0.15, -0.1) is 0 Å². The molecule has 170 valence electrons. The van der Waals surface area contributed by atoms with E-state index in [9.17, 15) is 9.59 Å². The number of rotatable bonds is 7. The van der Waals surface area contributed by atoms with Crippen LogP contribution >= 0.6 is 0 Å². The molecule has 0 bridgehead atoms. The van der Waals surface area contributed by atoms with Crippen LogP contribution in [0, 0.1) is 0 Å². The second-order valence-corrected chi connectivity index (χ2v) is 7.97. The van der Waals surface area contributed by atoms with Gasteiger partial charge in [-0.25, -0.2) is 4.79 Å². The molecule has 0 aliphatic carbocycles. The second-order valence-electron chi connectivity index (χ2n) is 7.97. The lowest BCUT2D eigenvalue weighted by molar-refractivity contribution is -0.122. The van der Waals surface area contributed by atoms with Crippen LogP contribution in [0.4, 0.5) is 5.69 Å². The fraction of sp³-hybridized carbons (Fsp3) is 0.269. The molecule has 7 heteroatoms. The molecule has 33 heavy (non-hydrogen) atoms. The van der Waals surface area contributed by atoms with Gasteiger partial charge in [-0.1, -0.05) is 18.6 Å². The van der Waals surface area contributed by atoms with Crippen molar-refractivity contribution in [2.45, 2.75) is 31.8 Å². The molecule has 7 nitrogen and oxygen atoms in total. The molecule has 0 unspecified atom stereocenters. The summed E-state index contributed by atoms with van der Waals surface area (Å²) in [5, 5.41) is 3.04. The number of nitrogens with one attached hydrogen (secondary N) is 1. The predicted molar refractivity (Wildman–Crippen MR) is 125 cm³/mol. The Bertz CT molecular complexity index is 1070. The largest absolute Gasteiger partial charge is 0.465 e. The number of amides is 1. The highest BCUT2D eigenvalue weighted by Crippen LogP contribution is 2.24. The Kier molecular flexibility index (Phi) is 7.32. The van der Waals surface area contributed by atoms with Crippen molar-refractivity contribution >= 4 is 17.6 Å². The molecule has 1 aliphatic rings. The maximum atomic E-state index is 13.1. The summed E-state index contributed by atoms with van der Waals surface area (Å²) in [4.78, 5) is 31.0. The van der Waals surface area contributed by atoms with Gasteiger partial charge in [0, 0.05) is 18.4 Å². The van der Waals surface area contributed by atoms with Crippen molar-refractivity contribution in [2.24, 2.45) is 0 Å². The lowest BCUT2D eigenvalue weighted by Crippen LogP contribution is -2.46. The summed E-state index contributed by atoms with van der Waals surface area (Å²) in [7, 11) is 1.37. The van der Waals surface area contributed by atoms with Crippen LogP contribution in [0.2, 0.25) is 0 Å². The molecule has 1 aromatic heterocycles. The molecule has 2 aromatic carbocycles. The monoisotopic (exact) mass is 445 g/mol. The first kappa shape index (κ1) is 22.5. The number of nitrogens with zero attached hydrogens (tertiary/aromatic N) is 2. The number of esters is 1. The van der Waals surface area contributed by atoms with E-state index in [0.29, 0.717) is 23.6 Å². The van der Waals surface area contributed by atoms with Crippen LogP contribution in [0.25, 0.3) is 0 Å². The molecule has 0 spiro atoms. The van der Waals surface area contributed by atoms with E-state index in [-0.39, 0.29) is 17.9 Å². The summed E-state index contributed by atoms with van der Waals surface area (Å²) >= 11 is 0. The van der Waals surface area contributed by atoms with Crippen molar-refractivity contribution in [3.8, 4) is 11.5 Å². The smallest absolute Gasteiger partial charge is 0.337 e. The van der Waals surface area contributed by atoms with E-state index in [4.69, 9.17) is 9.47 Å². The molecule has 1 N–H and O–H groups in total. The summed E-state index contributed by atoms with van der Waals surface area (Å²) in [6, 6.07) is 18.1. The molecule has 0 saturated carbocycles. The van der Waals surface area contributed by atoms with Crippen molar-refractivity contribution in [3.63, 3.8) is 0 Å². The molecule has 1 saturated heterocycles. The van der Waals surface area contributed by atoms with Gasteiger partial charge in [0.05, 0.1) is 24.9 Å². The molecule has 0 radical (unpaired) electrons. The number of piperidine rings is 1. The molecule has 4 rings (SSSR count). The lowest BCUT2D eigenvalue weighted by atomic mass is 10.00. The van der Waals surface area contributed by atoms with Gasteiger partial charge in [0.2, 0.25) is 5.91 Å². The van der Waals surface area contributed by atoms with Crippen LogP contribution < -0.4 is 10.1 Å². The molecular formula is C26H27N3O4. The van der Waals surface area contributed by atoms with E-state index in [2.05, 4.69) is 15.2 Å². The standard InChI is InChI=1S/C26H27N3O4/c1-32-26(31)20-9-7-19(8-10-20)18-29-16-3-2-6-24(29)25(30)28-21-11-13-22(14-12-21)33-23-5-4-15-27-17-23/h4-5,7-15,17,24H,2-3,6,16,18H2,1H3,(H,28,30)/t24-/m1/s1. The van der Waals surface area contributed by atoms with E-state index in [1.54, 1.807) is 24.5 Å². The fourth-order valence-electron chi connectivity index (χ4n) is 3.95. The lowest BCUT2D eigenvalue weighted by Gasteiger charge is -2.34. The molecular weight excluding hydrogens is 418 g/mol. The van der Waals surface area contributed by atoms with Gasteiger partial charge in [0.1, 0.15) is 11.5 Å². The number of hydrogen-bond acceptors (Lipinski definition) is 6. The number of methoxy groups -OCH3 is 1. The van der Waals surface area contributed by atoms with E-state index >= 15 is 0 Å². The SMILES string of the molecule is COC(=O)c1ccc(CN2CCCC[C@@H]2C(=O)Nc2ccc(Oc3cccnc3)cc2)cc1. The summed E-state index contributed by atoms with van der Waals surface area (Å²) in [5.74, 6) is 0.970. The van der Waals surface area contributed by atoms with Crippen LogP contribution in [-0.4, -0.2) is 41.5 Å². The number of ether oxygens (including phenoxy) is 2. The molecule has 2 heterocycles. The van der Waals surface area contributed by atoms with Crippen molar-refractivity contribution in [1.82, 2.24) is 9.88 Å². The van der Waals surface area contributed by atoms with Crippen LogP contribution in [0.5, 0.6) is 11.5 Å². The van der Waals surface area contributed by atoms with Gasteiger partial charge in [0.15, 0.2) is 0 Å². The van der Waals surface area contributed by atoms with Gasteiger partial charge < -0.3 is 14.8 Å². The summed E-state index contributed by atoms with van der Waals surface area (Å²) < 4.78 is 10.5. The predicted octanol–water partition coefficient (Wildman–Crippen LogP) is 4.65. The average Bonchev–Trinajstić information content (AvgIpc) is 2.86. The maximum absolute atomic E-state index is 13.1. The zero-order chi connectivity index (χ0) is 23.0. The van der Waals surface area contributed by atoms with Crippen LogP contribution in [0.15, 0.2) is 73.1 Å². The normalized spacial score (nSPS) is 16.1. The third kappa shape index (κ3) is 5.96. The van der Waals surface area contributed by atoms with Gasteiger partial charge in [-0.05, 0) is 73.5 Å². The topological polar surface area (TPSA) is 80.8 Å². The number of anilines is 1. The molecule has 3 aromatic rings. The Hall–Kier alpha value is -3.71. The minimum absolute atomic E-state index is 0.0122. The zero-order valence-electron chi connectivity index (χ0n) is 18.6. The minimum atomic E-state index is -0.353. The molecule has 1 fully saturated rings. The first-order chi connectivity index (χ1) is 16.1. The quantitative estimate of drug-likeness (QED) is 0.533. The van der Waals surface area contributed by atoms with E-state index in [1.165, 1.54) is 7.11 Å². The second kappa shape index (κ2) is 10.7. The number of hydrogen-bond donors (Lipinski definition) is 1. The van der Waals surface area contributed by atoms with Crippen molar-refractivity contribution in [1.29, 1.82) is 0 Å². The first-order valence-electron chi connectivity index (χ1n) is 11.0. The average molecular weight is 446 g/mol. The third-order valence-electron chi connectivity index (χ3n) is 5.67. The maximum Gasteiger partial charge on any atom is 0.337 e. The van der Waals surface area contributed by atoms with Crippen LogP contribution in [-0.2, 0) is 16.1 Å². The highest BCUT2D eigenvalue weighted by Gasteiger charge is 2.28. The number of pyridine rings is 1. The Morgan fingerprint density at radius 3 is 2.52 bits per heavy atom. The summed E-state index contributed by atoms with van der Waals surface area (Å²) in [5.41, 5.74) is 2.30. The zero-order valence-corrected chi connectivity index (χ0v) is 18.6. The van der Waals surface area contributed by atoms with Crippen molar-refractivity contribution < 1.29 is 19.1 Å². The van der Waals surface area contributed by atoms with E-state index in [1.807, 2.05) is 48.5 Å². The fourth-order valence-corrected chi connectivity index (χ4v) is 3.95. The van der Waals surface area contributed by atoms with Crippen LogP contribution in [0.1, 0.15) is 35.2 Å². The number of carbonyl (C=O) groups excluding carboxylic acids is 2. The Balaban J connectivity index is 1.37. The minimum Gasteiger partial charge on any atom is -0.465 e. The molecule has 1 aliphatic heterocycles. The third-order valence-corrected chi connectivity index (χ3v) is 5.67. The number of aromatic nitrogens is 1. The first-order valence-corrected chi connectivity index (χ1v) is 11.0. The highest BCUT2D eigenvalue weighted by atomic mass is 16.5. The van der Waals surface area contributed by atoms with Gasteiger partial charge in [-0.3, -0.25) is 14.7 Å². The van der Waals surface area contributed by atoms with Crippen molar-refractivity contribution in [2.75, 3.05) is 19.0 Å². The number of likely N-dealkylation sites (tertiary alicyclic amines) is 1. The Morgan fingerprint density at radius 2 is 1.82 bits per heavy atom. The van der Waals surface area contributed by atoms with Gasteiger partial charge in [-0.2, -0.15) is 0 Å². The summed E-state index contributed by atoms with van der Waals surface area (Å²) in [6.07, 6.45) is 6.24. The number of benzene rings is 2. The summed E-state index contributed by atoms with van der Waals surface area (Å²) in [6.45, 7) is 1.51. The molecule has 1 atom stereocenters. The Morgan fingerprint density at radius 1 is 1.03 bits per heavy atom. The van der Waals surface area contributed by atoms with Crippen LogP contribution in [0.3, 0.4) is 0 Å². The van der Waals surface area contributed by atoms with Gasteiger partial charge in [0.25, 0.3) is 0 Å². The Labute approximate surface area is 193 Å². The number of carbonyl (C=O) groups is 2. The van der Waals surface area contributed by atoms with E-state index < -0.39 is 0 Å². The van der Waals surface area contributed by atoms with Gasteiger partial charge >= 0.3 is 5.97 Å². The molecule has 1 amide bonds.